The fourth-order valence-electron chi connectivity index (χ4n) is 3.25. The van der Waals surface area contributed by atoms with Crippen molar-refractivity contribution in [3.05, 3.63) is 65.5 Å². The molecule has 1 amide bonds. The molecule has 0 aromatic heterocycles. The summed E-state index contributed by atoms with van der Waals surface area (Å²) in [5, 5.41) is 0. The van der Waals surface area contributed by atoms with E-state index in [2.05, 4.69) is 0 Å². The molecule has 5 nitrogen and oxygen atoms in total. The Kier molecular flexibility index (Phi) is 5.79. The number of rotatable bonds is 6. The number of carbonyl (C=O) groups excluding carboxylic acids is 1. The van der Waals surface area contributed by atoms with Crippen molar-refractivity contribution in [2.75, 3.05) is 18.1 Å². The van der Waals surface area contributed by atoms with Gasteiger partial charge in [0.1, 0.15) is 11.6 Å². The van der Waals surface area contributed by atoms with Crippen LogP contribution in [0.2, 0.25) is 0 Å². The second-order valence-electron chi connectivity index (χ2n) is 6.58. The van der Waals surface area contributed by atoms with Crippen molar-refractivity contribution in [3.8, 4) is 5.75 Å². The van der Waals surface area contributed by atoms with E-state index in [1.54, 1.807) is 36.4 Å². The summed E-state index contributed by atoms with van der Waals surface area (Å²) in [5.74, 6) is -0.00233. The van der Waals surface area contributed by atoms with Crippen molar-refractivity contribution in [1.29, 1.82) is 0 Å². The predicted octanol–water partition coefficient (Wildman–Crippen LogP) is 3.05. The molecular formula is C20H22FNO4S. The van der Waals surface area contributed by atoms with Crippen LogP contribution in [0.5, 0.6) is 5.75 Å². The molecule has 1 aliphatic heterocycles. The van der Waals surface area contributed by atoms with Crippen LogP contribution in [0.1, 0.15) is 29.3 Å². The van der Waals surface area contributed by atoms with Crippen molar-refractivity contribution in [2.24, 2.45) is 0 Å². The van der Waals surface area contributed by atoms with Crippen molar-refractivity contribution < 1.29 is 22.3 Å². The van der Waals surface area contributed by atoms with Gasteiger partial charge in [-0.3, -0.25) is 4.79 Å². The Bertz CT molecular complexity index is 912. The average molecular weight is 391 g/mol. The molecule has 1 saturated heterocycles. The molecule has 1 aliphatic rings. The number of hydrogen-bond acceptors (Lipinski definition) is 4. The number of hydrogen-bond donors (Lipinski definition) is 0. The number of sulfone groups is 1. The number of benzene rings is 2. The highest BCUT2D eigenvalue weighted by molar-refractivity contribution is 7.91. The van der Waals surface area contributed by atoms with Gasteiger partial charge in [-0.25, -0.2) is 12.8 Å². The van der Waals surface area contributed by atoms with Crippen LogP contribution < -0.4 is 4.74 Å². The van der Waals surface area contributed by atoms with E-state index < -0.39 is 15.9 Å². The minimum Gasteiger partial charge on any atom is -0.494 e. The van der Waals surface area contributed by atoms with Gasteiger partial charge >= 0.3 is 0 Å². The Morgan fingerprint density at radius 1 is 1.22 bits per heavy atom. The summed E-state index contributed by atoms with van der Waals surface area (Å²) in [5.41, 5.74) is 1.07. The van der Waals surface area contributed by atoms with Crippen LogP contribution >= 0.6 is 0 Å². The van der Waals surface area contributed by atoms with Crippen molar-refractivity contribution in [1.82, 2.24) is 4.90 Å². The van der Waals surface area contributed by atoms with E-state index in [0.29, 0.717) is 29.9 Å². The summed E-state index contributed by atoms with van der Waals surface area (Å²) in [6.07, 6.45) is 0.389. The number of ether oxygens (including phenoxy) is 1. The maximum atomic E-state index is 13.5. The van der Waals surface area contributed by atoms with Crippen molar-refractivity contribution in [2.45, 2.75) is 25.9 Å². The lowest BCUT2D eigenvalue weighted by molar-refractivity contribution is 0.0680. The van der Waals surface area contributed by atoms with E-state index >= 15 is 0 Å². The first-order valence-corrected chi connectivity index (χ1v) is 10.7. The largest absolute Gasteiger partial charge is 0.494 e. The average Bonchev–Trinajstić information content (AvgIpc) is 3.00. The van der Waals surface area contributed by atoms with Crippen LogP contribution in [0.15, 0.2) is 48.5 Å². The third-order valence-corrected chi connectivity index (χ3v) is 6.31. The minimum absolute atomic E-state index is 0.0634. The zero-order chi connectivity index (χ0) is 19.4. The van der Waals surface area contributed by atoms with Gasteiger partial charge in [0.15, 0.2) is 9.84 Å². The molecule has 1 heterocycles. The first kappa shape index (κ1) is 19.4. The SMILES string of the molecule is CCOc1ccc(C(=O)N(Cc2cccc(F)c2)[C@@H]2CCS(=O)(=O)C2)cc1. The van der Waals surface area contributed by atoms with E-state index in [9.17, 15) is 17.6 Å². The van der Waals surface area contributed by atoms with Crippen LogP contribution in [0.25, 0.3) is 0 Å². The maximum Gasteiger partial charge on any atom is 0.254 e. The van der Waals surface area contributed by atoms with E-state index in [0.717, 1.165) is 0 Å². The normalized spacial score (nSPS) is 18.2. The topological polar surface area (TPSA) is 63.7 Å². The highest BCUT2D eigenvalue weighted by atomic mass is 32.2. The first-order chi connectivity index (χ1) is 12.9. The molecule has 1 fully saturated rings. The lowest BCUT2D eigenvalue weighted by Crippen LogP contribution is -2.40. The van der Waals surface area contributed by atoms with Gasteiger partial charge in [-0.1, -0.05) is 12.1 Å². The molecule has 27 heavy (non-hydrogen) atoms. The third kappa shape index (κ3) is 4.86. The molecule has 2 aromatic rings. The van der Waals surface area contributed by atoms with E-state index in [4.69, 9.17) is 4.74 Å². The number of nitrogens with zero attached hydrogens (tertiary/aromatic N) is 1. The molecule has 0 bridgehead atoms. The van der Waals surface area contributed by atoms with Gasteiger partial charge in [-0.2, -0.15) is 0 Å². The standard InChI is InChI=1S/C20H22FNO4S/c1-2-26-19-8-6-16(7-9-19)20(23)22(18-10-11-27(24,25)14-18)13-15-4-3-5-17(21)12-15/h3-9,12,18H,2,10-11,13-14H2,1H3/t18-/m1/s1. The zero-order valence-electron chi connectivity index (χ0n) is 15.1. The van der Waals surface area contributed by atoms with Gasteiger partial charge in [0.2, 0.25) is 0 Å². The second kappa shape index (κ2) is 8.08. The highest BCUT2D eigenvalue weighted by Crippen LogP contribution is 2.23. The van der Waals surface area contributed by atoms with Gasteiger partial charge in [0.05, 0.1) is 18.1 Å². The second-order valence-corrected chi connectivity index (χ2v) is 8.81. The molecule has 0 spiro atoms. The van der Waals surface area contributed by atoms with Crippen molar-refractivity contribution in [3.63, 3.8) is 0 Å². The Morgan fingerprint density at radius 3 is 2.56 bits per heavy atom. The fraction of sp³-hybridized carbons (Fsp3) is 0.350. The number of halogens is 1. The quantitative estimate of drug-likeness (QED) is 0.759. The van der Waals surface area contributed by atoms with Crippen LogP contribution in [-0.4, -0.2) is 43.4 Å². The van der Waals surface area contributed by atoms with Crippen LogP contribution in [0.3, 0.4) is 0 Å². The smallest absolute Gasteiger partial charge is 0.254 e. The lowest BCUT2D eigenvalue weighted by atomic mass is 10.1. The lowest BCUT2D eigenvalue weighted by Gasteiger charge is -2.28. The van der Waals surface area contributed by atoms with Crippen LogP contribution in [0, 0.1) is 5.82 Å². The molecule has 7 heteroatoms. The summed E-state index contributed by atoms with van der Waals surface area (Å²) in [7, 11) is -3.16. The van der Waals surface area contributed by atoms with E-state index in [-0.39, 0.29) is 29.8 Å². The van der Waals surface area contributed by atoms with Gasteiger partial charge in [-0.15, -0.1) is 0 Å². The Morgan fingerprint density at radius 2 is 1.96 bits per heavy atom. The van der Waals surface area contributed by atoms with Gasteiger partial charge in [0, 0.05) is 18.2 Å². The molecule has 0 saturated carbocycles. The van der Waals surface area contributed by atoms with Crippen LogP contribution in [0.4, 0.5) is 4.39 Å². The monoisotopic (exact) mass is 391 g/mol. The molecule has 2 aromatic carbocycles. The van der Waals surface area contributed by atoms with E-state index in [1.807, 2.05) is 6.92 Å². The van der Waals surface area contributed by atoms with Gasteiger partial charge in [0.25, 0.3) is 5.91 Å². The van der Waals surface area contributed by atoms with Gasteiger partial charge < -0.3 is 9.64 Å². The molecule has 0 N–H and O–H groups in total. The summed E-state index contributed by atoms with van der Waals surface area (Å²) in [6.45, 7) is 2.56. The summed E-state index contributed by atoms with van der Waals surface area (Å²) < 4.78 is 42.8. The number of carbonyl (C=O) groups is 1. The predicted molar refractivity (Wildman–Crippen MR) is 101 cm³/mol. The zero-order valence-corrected chi connectivity index (χ0v) is 15.9. The molecule has 1 atom stereocenters. The summed E-state index contributed by atoms with van der Waals surface area (Å²) in [4.78, 5) is 14.6. The fourth-order valence-corrected chi connectivity index (χ4v) is 4.98. The molecule has 0 unspecified atom stereocenters. The molecule has 0 aliphatic carbocycles. The highest BCUT2D eigenvalue weighted by Gasteiger charge is 2.35. The summed E-state index contributed by atoms with van der Waals surface area (Å²) in [6, 6.07) is 12.3. The third-order valence-electron chi connectivity index (χ3n) is 4.56. The molecular weight excluding hydrogens is 369 g/mol. The first-order valence-electron chi connectivity index (χ1n) is 8.86. The Balaban J connectivity index is 1.87. The van der Waals surface area contributed by atoms with Gasteiger partial charge in [-0.05, 0) is 55.3 Å². The molecule has 3 rings (SSSR count). The molecule has 144 valence electrons. The summed E-state index contributed by atoms with van der Waals surface area (Å²) >= 11 is 0. The van der Waals surface area contributed by atoms with Crippen molar-refractivity contribution >= 4 is 15.7 Å². The Hall–Kier alpha value is -2.41. The maximum absolute atomic E-state index is 13.5. The molecule has 0 radical (unpaired) electrons. The Labute approximate surface area is 158 Å². The van der Waals surface area contributed by atoms with Crippen LogP contribution in [-0.2, 0) is 16.4 Å². The minimum atomic E-state index is -3.16. The van der Waals surface area contributed by atoms with E-state index in [1.165, 1.54) is 17.0 Å². The number of amides is 1.